The average Bonchev–Trinajstić information content (AvgIpc) is 2.48. The molecular formula is C8H8FNS. The van der Waals surface area contributed by atoms with Gasteiger partial charge in [-0.3, -0.25) is 0 Å². The number of halogens is 1. The molecule has 0 atom stereocenters. The lowest BCUT2D eigenvalue weighted by Gasteiger charge is -1.79. The van der Waals surface area contributed by atoms with Crippen molar-refractivity contribution < 1.29 is 4.39 Å². The highest BCUT2D eigenvalue weighted by Gasteiger charge is 1.96. The number of thiazole rings is 1. The van der Waals surface area contributed by atoms with E-state index in [-0.39, 0.29) is 0 Å². The fraction of sp³-hybridized carbons (Fsp3) is 0.125. The molecule has 1 heterocycles. The van der Waals surface area contributed by atoms with Crippen LogP contribution >= 0.6 is 11.3 Å². The molecular weight excluding hydrogens is 161 g/mol. The van der Waals surface area contributed by atoms with Crippen molar-refractivity contribution in [2.45, 2.75) is 6.67 Å². The number of alkyl halides is 1. The molecule has 0 aromatic carbocycles. The Morgan fingerprint density at radius 1 is 1.73 bits per heavy atom. The highest BCUT2D eigenvalue weighted by Crippen LogP contribution is 2.11. The Bertz CT molecular complexity index is 265. The van der Waals surface area contributed by atoms with Crippen LogP contribution in [0.15, 0.2) is 24.1 Å². The Hall–Kier alpha value is -0.960. The molecule has 0 aliphatic rings. The lowest BCUT2D eigenvalue weighted by Crippen LogP contribution is -1.75. The van der Waals surface area contributed by atoms with Crippen LogP contribution in [-0.2, 0) is 6.67 Å². The SMILES string of the molecule is C=C/C=C\c1csc(CF)n1. The minimum atomic E-state index is -0.480. The van der Waals surface area contributed by atoms with Crippen LogP contribution in [-0.4, -0.2) is 4.98 Å². The van der Waals surface area contributed by atoms with Gasteiger partial charge in [-0.1, -0.05) is 18.7 Å². The normalized spacial score (nSPS) is 10.6. The first-order valence-corrected chi connectivity index (χ1v) is 4.04. The molecule has 0 radical (unpaired) electrons. The van der Waals surface area contributed by atoms with E-state index in [0.29, 0.717) is 5.01 Å². The number of nitrogens with zero attached hydrogens (tertiary/aromatic N) is 1. The monoisotopic (exact) mass is 169 g/mol. The predicted molar refractivity (Wildman–Crippen MR) is 46.2 cm³/mol. The minimum Gasteiger partial charge on any atom is -0.243 e. The minimum absolute atomic E-state index is 0.480. The lowest BCUT2D eigenvalue weighted by molar-refractivity contribution is 0.483. The van der Waals surface area contributed by atoms with E-state index >= 15 is 0 Å². The van der Waals surface area contributed by atoms with Crippen molar-refractivity contribution >= 4 is 17.4 Å². The van der Waals surface area contributed by atoms with Crippen LogP contribution in [0.5, 0.6) is 0 Å². The average molecular weight is 169 g/mol. The van der Waals surface area contributed by atoms with Crippen molar-refractivity contribution in [3.63, 3.8) is 0 Å². The molecule has 0 aliphatic heterocycles. The molecule has 58 valence electrons. The van der Waals surface area contributed by atoms with Crippen LogP contribution in [0.4, 0.5) is 4.39 Å². The van der Waals surface area contributed by atoms with Crippen LogP contribution in [0.25, 0.3) is 6.08 Å². The summed E-state index contributed by atoms with van der Waals surface area (Å²) in [7, 11) is 0. The number of hydrogen-bond acceptors (Lipinski definition) is 2. The zero-order valence-corrected chi connectivity index (χ0v) is 6.77. The van der Waals surface area contributed by atoms with Gasteiger partial charge in [-0.15, -0.1) is 11.3 Å². The molecule has 3 heteroatoms. The first-order valence-electron chi connectivity index (χ1n) is 3.16. The third-order valence-corrected chi connectivity index (χ3v) is 1.92. The van der Waals surface area contributed by atoms with Crippen molar-refractivity contribution in [1.82, 2.24) is 4.98 Å². The largest absolute Gasteiger partial charge is 0.243 e. The molecule has 11 heavy (non-hydrogen) atoms. The molecule has 0 aliphatic carbocycles. The first kappa shape index (κ1) is 8.14. The summed E-state index contributed by atoms with van der Waals surface area (Å²) in [6.45, 7) is 3.04. The fourth-order valence-electron chi connectivity index (χ4n) is 0.630. The van der Waals surface area contributed by atoms with Crippen molar-refractivity contribution in [2.24, 2.45) is 0 Å². The maximum absolute atomic E-state index is 12.0. The summed E-state index contributed by atoms with van der Waals surface area (Å²) in [4.78, 5) is 3.98. The maximum atomic E-state index is 12.0. The molecule has 1 nitrogen and oxygen atoms in total. The van der Waals surface area contributed by atoms with E-state index in [4.69, 9.17) is 0 Å². The lowest BCUT2D eigenvalue weighted by atomic mass is 10.4. The highest BCUT2D eigenvalue weighted by molar-refractivity contribution is 7.09. The number of rotatable bonds is 3. The van der Waals surface area contributed by atoms with Gasteiger partial charge in [-0.2, -0.15) is 0 Å². The summed E-state index contributed by atoms with van der Waals surface area (Å²) in [6, 6.07) is 0. The molecule has 1 rings (SSSR count). The van der Waals surface area contributed by atoms with Crippen LogP contribution in [0.3, 0.4) is 0 Å². The fourth-order valence-corrected chi connectivity index (χ4v) is 1.24. The molecule has 0 N–H and O–H groups in total. The first-order chi connectivity index (χ1) is 5.36. The standard InChI is InChI=1S/C8H8FNS/c1-2-3-4-7-6-11-8(5-9)10-7/h2-4,6H,1,5H2/b4-3-. The molecule has 1 aromatic rings. The van der Waals surface area contributed by atoms with Gasteiger partial charge in [0.25, 0.3) is 0 Å². The summed E-state index contributed by atoms with van der Waals surface area (Å²) in [5.74, 6) is 0. The van der Waals surface area contributed by atoms with Gasteiger partial charge in [0, 0.05) is 5.38 Å². The summed E-state index contributed by atoms with van der Waals surface area (Å²) in [6.07, 6.45) is 5.23. The molecule has 0 spiro atoms. The third-order valence-electron chi connectivity index (χ3n) is 1.09. The highest BCUT2D eigenvalue weighted by atomic mass is 32.1. The topological polar surface area (TPSA) is 12.9 Å². The van der Waals surface area contributed by atoms with Crippen LogP contribution in [0, 0.1) is 0 Å². The van der Waals surface area contributed by atoms with Crippen molar-refractivity contribution in [2.75, 3.05) is 0 Å². The van der Waals surface area contributed by atoms with Crippen LogP contribution in [0.2, 0.25) is 0 Å². The van der Waals surface area contributed by atoms with E-state index in [1.54, 1.807) is 18.2 Å². The Labute approximate surface area is 68.9 Å². The van der Waals surface area contributed by atoms with Gasteiger partial charge in [0.1, 0.15) is 11.7 Å². The van der Waals surface area contributed by atoms with Crippen molar-refractivity contribution in [3.8, 4) is 0 Å². The van der Waals surface area contributed by atoms with Crippen molar-refractivity contribution in [3.05, 3.63) is 34.8 Å². The van der Waals surface area contributed by atoms with E-state index in [1.807, 2.05) is 5.38 Å². The number of allylic oxidation sites excluding steroid dienone is 2. The van der Waals surface area contributed by atoms with E-state index < -0.39 is 6.67 Å². The molecule has 0 saturated carbocycles. The zero-order chi connectivity index (χ0) is 8.10. The molecule has 0 fully saturated rings. The van der Waals surface area contributed by atoms with Crippen LogP contribution < -0.4 is 0 Å². The Morgan fingerprint density at radius 3 is 3.09 bits per heavy atom. The Balaban J connectivity index is 2.72. The van der Waals surface area contributed by atoms with Gasteiger partial charge in [0.05, 0.1) is 5.69 Å². The third kappa shape index (κ3) is 2.27. The van der Waals surface area contributed by atoms with Gasteiger partial charge in [0.2, 0.25) is 0 Å². The van der Waals surface area contributed by atoms with Gasteiger partial charge in [0.15, 0.2) is 0 Å². The van der Waals surface area contributed by atoms with E-state index in [9.17, 15) is 4.39 Å². The predicted octanol–water partition coefficient (Wildman–Crippen LogP) is 2.81. The van der Waals surface area contributed by atoms with Gasteiger partial charge in [-0.25, -0.2) is 9.37 Å². The Morgan fingerprint density at radius 2 is 2.55 bits per heavy atom. The quantitative estimate of drug-likeness (QED) is 0.634. The number of aromatic nitrogens is 1. The Kier molecular flexibility index (Phi) is 2.98. The smallest absolute Gasteiger partial charge is 0.141 e. The van der Waals surface area contributed by atoms with E-state index in [2.05, 4.69) is 11.6 Å². The second kappa shape index (κ2) is 4.03. The van der Waals surface area contributed by atoms with E-state index in [0.717, 1.165) is 5.69 Å². The summed E-state index contributed by atoms with van der Waals surface area (Å²) in [5, 5.41) is 2.34. The second-order valence-electron chi connectivity index (χ2n) is 1.89. The molecule has 0 unspecified atom stereocenters. The zero-order valence-electron chi connectivity index (χ0n) is 5.96. The number of hydrogen-bond donors (Lipinski definition) is 0. The molecule has 0 saturated heterocycles. The summed E-state index contributed by atoms with van der Waals surface area (Å²) >= 11 is 1.33. The summed E-state index contributed by atoms with van der Waals surface area (Å²) < 4.78 is 12.0. The van der Waals surface area contributed by atoms with Crippen LogP contribution in [0.1, 0.15) is 10.7 Å². The molecule has 0 bridgehead atoms. The van der Waals surface area contributed by atoms with Gasteiger partial charge in [-0.05, 0) is 6.08 Å². The maximum Gasteiger partial charge on any atom is 0.141 e. The summed E-state index contributed by atoms with van der Waals surface area (Å²) in [5.41, 5.74) is 0.794. The van der Waals surface area contributed by atoms with E-state index in [1.165, 1.54) is 11.3 Å². The second-order valence-corrected chi connectivity index (χ2v) is 2.84. The molecule has 0 amide bonds. The van der Waals surface area contributed by atoms with Crippen molar-refractivity contribution in [1.29, 1.82) is 0 Å². The van der Waals surface area contributed by atoms with Gasteiger partial charge < -0.3 is 0 Å². The van der Waals surface area contributed by atoms with Gasteiger partial charge >= 0.3 is 0 Å². The molecule has 1 aromatic heterocycles.